The third-order valence-electron chi connectivity index (χ3n) is 4.60. The molecule has 1 fully saturated rings. The highest BCUT2D eigenvalue weighted by molar-refractivity contribution is 14.0. The fourth-order valence-electron chi connectivity index (χ4n) is 3.34. The van der Waals surface area contributed by atoms with Gasteiger partial charge in [0.1, 0.15) is 6.61 Å². The van der Waals surface area contributed by atoms with Crippen molar-refractivity contribution >= 4 is 41.0 Å². The van der Waals surface area contributed by atoms with Crippen LogP contribution in [-0.4, -0.2) is 41.2 Å². The first-order valence-corrected chi connectivity index (χ1v) is 9.13. The molecular formula is C20H28IN3O2. The predicted octanol–water partition coefficient (Wildman–Crippen LogP) is 4.34. The van der Waals surface area contributed by atoms with Crippen LogP contribution >= 0.6 is 24.0 Å². The van der Waals surface area contributed by atoms with Gasteiger partial charge in [0.25, 0.3) is 0 Å². The van der Waals surface area contributed by atoms with E-state index in [2.05, 4.69) is 27.3 Å². The molecule has 1 unspecified atom stereocenters. The Morgan fingerprint density at radius 3 is 2.96 bits per heavy atom. The number of piperidine rings is 1. The number of benzene rings is 1. The van der Waals surface area contributed by atoms with Crippen molar-refractivity contribution in [2.75, 3.05) is 13.2 Å². The minimum Gasteiger partial charge on any atom is -0.448 e. The zero-order valence-corrected chi connectivity index (χ0v) is 17.8. The van der Waals surface area contributed by atoms with Gasteiger partial charge in [0.2, 0.25) is 0 Å². The second-order valence-corrected chi connectivity index (χ2v) is 7.05. The van der Waals surface area contributed by atoms with E-state index in [0.717, 1.165) is 25.0 Å². The maximum Gasteiger partial charge on any atom is 0.407 e. The maximum atomic E-state index is 11.7. The van der Waals surface area contributed by atoms with Crippen molar-refractivity contribution in [1.82, 2.24) is 15.2 Å². The molecule has 6 heteroatoms. The van der Waals surface area contributed by atoms with E-state index in [1.54, 1.807) is 0 Å². The van der Waals surface area contributed by atoms with Crippen LogP contribution in [0.3, 0.4) is 0 Å². The second-order valence-electron chi connectivity index (χ2n) is 7.05. The number of amides is 1. The van der Waals surface area contributed by atoms with Crippen molar-refractivity contribution in [2.45, 2.75) is 51.7 Å². The van der Waals surface area contributed by atoms with E-state index in [1.165, 1.54) is 23.8 Å². The van der Waals surface area contributed by atoms with Crippen LogP contribution in [0.15, 0.2) is 36.5 Å². The molecule has 0 aliphatic carbocycles. The largest absolute Gasteiger partial charge is 0.448 e. The fourth-order valence-corrected chi connectivity index (χ4v) is 3.34. The summed E-state index contributed by atoms with van der Waals surface area (Å²) in [7, 11) is 0. The number of carbonyl (C=O) groups excluding carboxylic acids is 1. The van der Waals surface area contributed by atoms with E-state index < -0.39 is 0 Å². The van der Waals surface area contributed by atoms with Gasteiger partial charge in [-0.1, -0.05) is 24.6 Å². The van der Waals surface area contributed by atoms with Crippen LogP contribution in [0.25, 0.3) is 10.9 Å². The number of alkyl carbamates (subject to hydrolysis) is 1. The van der Waals surface area contributed by atoms with Crippen molar-refractivity contribution in [3.63, 3.8) is 0 Å². The predicted molar refractivity (Wildman–Crippen MR) is 115 cm³/mol. The smallest absolute Gasteiger partial charge is 0.407 e. The molecule has 1 aromatic carbocycles. The molecule has 0 bridgehead atoms. The van der Waals surface area contributed by atoms with Gasteiger partial charge in [-0.25, -0.2) is 4.79 Å². The number of halogens is 1. The first-order valence-electron chi connectivity index (χ1n) is 9.13. The van der Waals surface area contributed by atoms with E-state index in [0.29, 0.717) is 6.61 Å². The Bertz CT molecular complexity index is 723. The molecule has 1 aliphatic rings. The fraction of sp³-hybridized carbons (Fsp3) is 0.500. The molecule has 5 nitrogen and oxygen atoms in total. The van der Waals surface area contributed by atoms with Crippen LogP contribution in [0.2, 0.25) is 0 Å². The van der Waals surface area contributed by atoms with Gasteiger partial charge in [0.15, 0.2) is 0 Å². The number of hydrogen-bond acceptors (Lipinski definition) is 4. The van der Waals surface area contributed by atoms with E-state index in [4.69, 9.17) is 4.74 Å². The van der Waals surface area contributed by atoms with Gasteiger partial charge in [-0.15, -0.1) is 24.0 Å². The monoisotopic (exact) mass is 469 g/mol. The lowest BCUT2D eigenvalue weighted by Crippen LogP contribution is -2.43. The highest BCUT2D eigenvalue weighted by Gasteiger charge is 2.24. The van der Waals surface area contributed by atoms with Crippen molar-refractivity contribution in [1.29, 1.82) is 0 Å². The van der Waals surface area contributed by atoms with Gasteiger partial charge in [-0.3, -0.25) is 9.88 Å². The molecule has 26 heavy (non-hydrogen) atoms. The molecule has 1 atom stereocenters. The first kappa shape index (κ1) is 20.9. The lowest BCUT2D eigenvalue weighted by atomic mass is 10.0. The van der Waals surface area contributed by atoms with E-state index in [-0.39, 0.29) is 42.2 Å². The summed E-state index contributed by atoms with van der Waals surface area (Å²) in [5, 5.41) is 3.95. The van der Waals surface area contributed by atoms with Gasteiger partial charge in [-0.2, -0.15) is 0 Å². The number of aromatic nitrogens is 1. The summed E-state index contributed by atoms with van der Waals surface area (Å²) in [6, 6.07) is 10.8. The summed E-state index contributed by atoms with van der Waals surface area (Å²) in [6.45, 7) is 6.19. The highest BCUT2D eigenvalue weighted by Crippen LogP contribution is 2.21. The van der Waals surface area contributed by atoms with Crippen LogP contribution in [-0.2, 0) is 11.3 Å². The van der Waals surface area contributed by atoms with Crippen LogP contribution in [0, 0.1) is 0 Å². The Balaban J connectivity index is 0.00000243. The lowest BCUT2D eigenvalue weighted by Gasteiger charge is -2.35. The SMILES string of the molecule is CC(C)NC(=O)OCC1CCCCN1Cc1cnc2ccccc2c1.I. The quantitative estimate of drug-likeness (QED) is 0.663. The van der Waals surface area contributed by atoms with Crippen molar-refractivity contribution in [3.05, 3.63) is 42.1 Å². The molecule has 1 N–H and O–H groups in total. The number of fused-ring (bicyclic) bond motifs is 1. The zero-order chi connectivity index (χ0) is 17.6. The van der Waals surface area contributed by atoms with Gasteiger partial charge in [-0.05, 0) is 50.9 Å². The number of likely N-dealkylation sites (tertiary alicyclic amines) is 1. The number of para-hydroxylation sites is 1. The van der Waals surface area contributed by atoms with E-state index >= 15 is 0 Å². The summed E-state index contributed by atoms with van der Waals surface area (Å²) < 4.78 is 5.42. The molecule has 3 rings (SSSR count). The minimum absolute atomic E-state index is 0. The molecule has 142 valence electrons. The van der Waals surface area contributed by atoms with Crippen LogP contribution in [0.1, 0.15) is 38.7 Å². The van der Waals surface area contributed by atoms with Gasteiger partial charge in [0.05, 0.1) is 5.52 Å². The zero-order valence-electron chi connectivity index (χ0n) is 15.5. The Hall–Kier alpha value is -1.41. The molecule has 1 aliphatic heterocycles. The summed E-state index contributed by atoms with van der Waals surface area (Å²) in [5.41, 5.74) is 2.23. The summed E-state index contributed by atoms with van der Waals surface area (Å²) in [6.07, 6.45) is 5.08. The molecule has 0 radical (unpaired) electrons. The Labute approximate surface area is 172 Å². The minimum atomic E-state index is -0.326. The number of nitrogens with zero attached hydrogens (tertiary/aromatic N) is 2. The van der Waals surface area contributed by atoms with Crippen molar-refractivity contribution < 1.29 is 9.53 Å². The third kappa shape index (κ3) is 5.81. The molecule has 1 saturated heterocycles. The Morgan fingerprint density at radius 2 is 2.15 bits per heavy atom. The molecule has 0 spiro atoms. The summed E-state index contributed by atoms with van der Waals surface area (Å²) >= 11 is 0. The lowest BCUT2D eigenvalue weighted by molar-refractivity contribution is 0.0631. The van der Waals surface area contributed by atoms with Gasteiger partial charge in [0, 0.05) is 30.2 Å². The van der Waals surface area contributed by atoms with Crippen LogP contribution < -0.4 is 5.32 Å². The average molecular weight is 469 g/mol. The second kappa shape index (κ2) is 10.1. The summed E-state index contributed by atoms with van der Waals surface area (Å²) in [4.78, 5) is 18.7. The topological polar surface area (TPSA) is 54.5 Å². The average Bonchev–Trinajstić information content (AvgIpc) is 2.60. The maximum absolute atomic E-state index is 11.7. The standard InChI is InChI=1S/C20H27N3O2.HI/c1-15(2)22-20(24)25-14-18-8-5-6-10-23(18)13-16-11-17-7-3-4-9-19(17)21-12-16;/h3-4,7,9,11-12,15,18H,5-6,8,10,13-14H2,1-2H3,(H,22,24);1H. The number of ether oxygens (including phenoxy) is 1. The van der Waals surface area contributed by atoms with Gasteiger partial charge >= 0.3 is 6.09 Å². The number of rotatable bonds is 5. The number of carbonyl (C=O) groups is 1. The Kier molecular flexibility index (Phi) is 8.09. The molecule has 1 aromatic heterocycles. The van der Waals surface area contributed by atoms with Crippen molar-refractivity contribution in [3.8, 4) is 0 Å². The first-order chi connectivity index (χ1) is 12.1. The summed E-state index contributed by atoms with van der Waals surface area (Å²) in [5.74, 6) is 0. The highest BCUT2D eigenvalue weighted by atomic mass is 127. The molecule has 2 heterocycles. The molecule has 0 saturated carbocycles. The van der Waals surface area contributed by atoms with Crippen LogP contribution in [0.5, 0.6) is 0 Å². The Morgan fingerprint density at radius 1 is 1.35 bits per heavy atom. The van der Waals surface area contributed by atoms with E-state index in [1.807, 2.05) is 38.2 Å². The van der Waals surface area contributed by atoms with E-state index in [9.17, 15) is 4.79 Å². The number of pyridine rings is 1. The van der Waals surface area contributed by atoms with Crippen molar-refractivity contribution in [2.24, 2.45) is 0 Å². The normalized spacial score (nSPS) is 17.7. The number of hydrogen-bond donors (Lipinski definition) is 1. The third-order valence-corrected chi connectivity index (χ3v) is 4.60. The molecular weight excluding hydrogens is 441 g/mol. The molecule has 2 aromatic rings. The molecule has 1 amide bonds. The van der Waals surface area contributed by atoms with Gasteiger partial charge < -0.3 is 10.1 Å². The number of nitrogens with one attached hydrogen (secondary N) is 1. The van der Waals surface area contributed by atoms with Crippen LogP contribution in [0.4, 0.5) is 4.79 Å².